The maximum Gasteiger partial charge on any atom is 0.122 e. The smallest absolute Gasteiger partial charge is 0.122 e. The Labute approximate surface area is 130 Å². The van der Waals surface area contributed by atoms with Crippen molar-refractivity contribution < 1.29 is 4.74 Å². The fourth-order valence-corrected chi connectivity index (χ4v) is 2.24. The monoisotopic (exact) mass is 308 g/mol. The maximum atomic E-state index is 6.01. The molecular formula is C17H18Cl2O. The average molecular weight is 309 g/mol. The fourth-order valence-electron chi connectivity index (χ4n) is 1.92. The number of benzene rings is 2. The van der Waals surface area contributed by atoms with E-state index in [1.807, 2.05) is 19.1 Å². The van der Waals surface area contributed by atoms with Gasteiger partial charge < -0.3 is 4.74 Å². The summed E-state index contributed by atoms with van der Waals surface area (Å²) in [6.07, 6.45) is 0. The molecule has 0 aliphatic heterocycles. The lowest BCUT2D eigenvalue weighted by atomic mass is 10.0. The van der Waals surface area contributed by atoms with Gasteiger partial charge in [0.25, 0.3) is 0 Å². The van der Waals surface area contributed by atoms with E-state index in [9.17, 15) is 0 Å². The van der Waals surface area contributed by atoms with E-state index < -0.39 is 0 Å². The molecule has 3 heteroatoms. The van der Waals surface area contributed by atoms with Gasteiger partial charge >= 0.3 is 0 Å². The highest BCUT2D eigenvalue weighted by molar-refractivity contribution is 6.42. The summed E-state index contributed by atoms with van der Waals surface area (Å²) < 4.78 is 5.91. The summed E-state index contributed by atoms with van der Waals surface area (Å²) in [7, 11) is 0. The van der Waals surface area contributed by atoms with Gasteiger partial charge in [-0.05, 0) is 47.7 Å². The van der Waals surface area contributed by atoms with Gasteiger partial charge in [-0.25, -0.2) is 0 Å². The van der Waals surface area contributed by atoms with Crippen LogP contribution in [0.2, 0.25) is 10.0 Å². The van der Waals surface area contributed by atoms with Crippen molar-refractivity contribution in [2.75, 3.05) is 0 Å². The van der Waals surface area contributed by atoms with Crippen LogP contribution in [0.5, 0.6) is 5.75 Å². The van der Waals surface area contributed by atoms with Crippen LogP contribution in [0, 0.1) is 6.92 Å². The molecule has 2 aromatic carbocycles. The Morgan fingerprint density at radius 1 is 1.00 bits per heavy atom. The fraction of sp³-hybridized carbons (Fsp3) is 0.294. The third kappa shape index (κ3) is 3.68. The lowest BCUT2D eigenvalue weighted by Crippen LogP contribution is -1.98. The van der Waals surface area contributed by atoms with E-state index >= 15 is 0 Å². The third-order valence-electron chi connectivity index (χ3n) is 3.26. The molecular weight excluding hydrogens is 291 g/mol. The molecule has 0 N–H and O–H groups in total. The molecule has 0 bridgehead atoms. The number of hydrogen-bond acceptors (Lipinski definition) is 1. The quantitative estimate of drug-likeness (QED) is 0.672. The van der Waals surface area contributed by atoms with E-state index in [4.69, 9.17) is 27.9 Å². The zero-order chi connectivity index (χ0) is 14.7. The first kappa shape index (κ1) is 15.2. The second-order valence-corrected chi connectivity index (χ2v) is 6.03. The molecule has 0 amide bonds. The minimum absolute atomic E-state index is 0.485. The Hall–Kier alpha value is -1.18. The Morgan fingerprint density at radius 2 is 1.75 bits per heavy atom. The second-order valence-electron chi connectivity index (χ2n) is 5.22. The van der Waals surface area contributed by atoms with Gasteiger partial charge in [-0.2, -0.15) is 0 Å². The summed E-state index contributed by atoms with van der Waals surface area (Å²) in [5.74, 6) is 1.41. The first-order chi connectivity index (χ1) is 9.47. The maximum absolute atomic E-state index is 6.01. The van der Waals surface area contributed by atoms with Crippen molar-refractivity contribution in [2.24, 2.45) is 0 Å². The van der Waals surface area contributed by atoms with Gasteiger partial charge in [-0.15, -0.1) is 0 Å². The van der Waals surface area contributed by atoms with Gasteiger partial charge in [0.2, 0.25) is 0 Å². The van der Waals surface area contributed by atoms with Gasteiger partial charge in [0.1, 0.15) is 12.4 Å². The van der Waals surface area contributed by atoms with Crippen molar-refractivity contribution in [2.45, 2.75) is 33.3 Å². The standard InChI is InChI=1S/C17H18Cl2O/c1-11(2)14-6-4-12(3)17(9-14)20-10-13-5-7-15(18)16(19)8-13/h4-9,11H,10H2,1-3H3. The van der Waals surface area contributed by atoms with Crippen molar-refractivity contribution in [3.63, 3.8) is 0 Å². The first-order valence-electron chi connectivity index (χ1n) is 6.64. The SMILES string of the molecule is Cc1ccc(C(C)C)cc1OCc1ccc(Cl)c(Cl)c1. The number of aryl methyl sites for hydroxylation is 1. The Kier molecular flexibility index (Phi) is 4.95. The van der Waals surface area contributed by atoms with E-state index in [0.717, 1.165) is 16.9 Å². The molecule has 1 nitrogen and oxygen atoms in total. The topological polar surface area (TPSA) is 9.23 Å². The van der Waals surface area contributed by atoms with Crippen molar-refractivity contribution in [3.05, 3.63) is 63.1 Å². The van der Waals surface area contributed by atoms with Crippen LogP contribution in [-0.2, 0) is 6.61 Å². The van der Waals surface area contributed by atoms with Crippen LogP contribution in [0.25, 0.3) is 0 Å². The van der Waals surface area contributed by atoms with Crippen molar-refractivity contribution >= 4 is 23.2 Å². The van der Waals surface area contributed by atoms with Gasteiger partial charge in [0, 0.05) is 0 Å². The minimum Gasteiger partial charge on any atom is -0.489 e. The summed E-state index contributed by atoms with van der Waals surface area (Å²) in [4.78, 5) is 0. The Balaban J connectivity index is 2.13. The van der Waals surface area contributed by atoms with E-state index in [0.29, 0.717) is 22.6 Å². The van der Waals surface area contributed by atoms with Crippen LogP contribution < -0.4 is 4.74 Å². The Bertz CT molecular complexity index is 606. The molecule has 0 aromatic heterocycles. The van der Waals surface area contributed by atoms with Gasteiger partial charge in [-0.1, -0.05) is 55.2 Å². The molecule has 0 aliphatic carbocycles. The van der Waals surface area contributed by atoms with Gasteiger partial charge in [-0.3, -0.25) is 0 Å². The number of rotatable bonds is 4. The molecule has 106 valence electrons. The zero-order valence-corrected chi connectivity index (χ0v) is 13.4. The zero-order valence-electron chi connectivity index (χ0n) is 11.9. The van der Waals surface area contributed by atoms with Gasteiger partial charge in [0.05, 0.1) is 10.0 Å². The largest absolute Gasteiger partial charge is 0.489 e. The van der Waals surface area contributed by atoms with Crippen LogP contribution in [0.1, 0.15) is 36.5 Å². The highest BCUT2D eigenvalue weighted by atomic mass is 35.5. The normalized spacial score (nSPS) is 10.9. The van der Waals surface area contributed by atoms with Crippen molar-refractivity contribution in [1.29, 1.82) is 0 Å². The van der Waals surface area contributed by atoms with E-state index in [2.05, 4.69) is 32.0 Å². The summed E-state index contributed by atoms with van der Waals surface area (Å²) >= 11 is 11.9. The molecule has 0 unspecified atom stereocenters. The van der Waals surface area contributed by atoms with E-state index in [-0.39, 0.29) is 0 Å². The molecule has 0 aliphatic rings. The highest BCUT2D eigenvalue weighted by Gasteiger charge is 2.06. The molecule has 2 rings (SSSR count). The van der Waals surface area contributed by atoms with Crippen LogP contribution >= 0.6 is 23.2 Å². The van der Waals surface area contributed by atoms with Crippen LogP contribution in [0.15, 0.2) is 36.4 Å². The van der Waals surface area contributed by atoms with Crippen LogP contribution in [0.3, 0.4) is 0 Å². The predicted octanol–water partition coefficient (Wildman–Crippen LogP) is 6.00. The summed E-state index contributed by atoms with van der Waals surface area (Å²) in [6.45, 7) is 6.88. The van der Waals surface area contributed by atoms with Crippen molar-refractivity contribution in [3.8, 4) is 5.75 Å². The molecule has 0 spiro atoms. The number of hydrogen-bond donors (Lipinski definition) is 0. The molecule has 0 atom stereocenters. The van der Waals surface area contributed by atoms with Crippen molar-refractivity contribution in [1.82, 2.24) is 0 Å². The summed E-state index contributed by atoms with van der Waals surface area (Å²) in [5, 5.41) is 1.12. The predicted molar refractivity (Wildman–Crippen MR) is 86.1 cm³/mol. The molecule has 0 saturated carbocycles. The molecule has 20 heavy (non-hydrogen) atoms. The number of ether oxygens (including phenoxy) is 1. The molecule has 0 radical (unpaired) electrons. The van der Waals surface area contributed by atoms with E-state index in [1.54, 1.807) is 6.07 Å². The summed E-state index contributed by atoms with van der Waals surface area (Å²) in [5.41, 5.74) is 3.42. The molecule has 0 saturated heterocycles. The van der Waals surface area contributed by atoms with Gasteiger partial charge in [0.15, 0.2) is 0 Å². The highest BCUT2D eigenvalue weighted by Crippen LogP contribution is 2.26. The molecule has 0 fully saturated rings. The average Bonchev–Trinajstić information content (AvgIpc) is 2.41. The lowest BCUT2D eigenvalue weighted by Gasteiger charge is -2.13. The van der Waals surface area contributed by atoms with Crippen LogP contribution in [0.4, 0.5) is 0 Å². The first-order valence-corrected chi connectivity index (χ1v) is 7.40. The summed E-state index contributed by atoms with van der Waals surface area (Å²) in [6, 6.07) is 11.9. The minimum atomic E-state index is 0.485. The molecule has 2 aromatic rings. The Morgan fingerprint density at radius 3 is 2.40 bits per heavy atom. The second kappa shape index (κ2) is 6.51. The number of halogens is 2. The van der Waals surface area contributed by atoms with Crippen LogP contribution in [-0.4, -0.2) is 0 Å². The molecule has 0 heterocycles. The third-order valence-corrected chi connectivity index (χ3v) is 4.00. The lowest BCUT2D eigenvalue weighted by molar-refractivity contribution is 0.303. The van der Waals surface area contributed by atoms with E-state index in [1.165, 1.54) is 5.56 Å².